The second-order valence-electron chi connectivity index (χ2n) is 13.8. The van der Waals surface area contributed by atoms with Gasteiger partial charge in [-0.2, -0.15) is 0 Å². The first-order chi connectivity index (χ1) is 27.5. The minimum absolute atomic E-state index is 0.884. The van der Waals surface area contributed by atoms with E-state index in [0.717, 1.165) is 89.4 Å². The molecule has 0 aliphatic carbocycles. The Bertz CT molecular complexity index is 2450. The summed E-state index contributed by atoms with van der Waals surface area (Å²) in [5, 5.41) is 0. The number of hydrogen-bond acceptors (Lipinski definition) is 2. The molecule has 0 spiro atoms. The van der Waals surface area contributed by atoms with Crippen LogP contribution in [0.15, 0.2) is 121 Å². The first kappa shape index (κ1) is 39.8. The van der Waals surface area contributed by atoms with E-state index in [1.807, 2.05) is 0 Å². The molecular formula is C44H26Cl4Hg4N4. The maximum absolute atomic E-state index is 6.46. The van der Waals surface area contributed by atoms with Gasteiger partial charge in [0.1, 0.15) is 0 Å². The number of halogens is 4. The van der Waals surface area contributed by atoms with Crippen molar-refractivity contribution in [3.05, 3.63) is 144 Å². The van der Waals surface area contributed by atoms with Gasteiger partial charge < -0.3 is 0 Å². The standard InChI is InChI=1S/C44H26N4.4ClH.4Hg/c1-5-13-29(14-6-1)41-33-21-23-35(45-33)42(30-15-7-2-8-16-30)37-25-27-39(47-37)44(32-19-11-4-12-20-32)40-28-26-38(48-40)43(31-17-9-3-10-18-31)36-24-22-34(41)46-36;;;;;;;;/h5-28,45,48H;4*1H;;;;/q;;;;;4*+1/p-4. The first-order valence-corrected chi connectivity index (χ1v) is 56.4. The van der Waals surface area contributed by atoms with E-state index in [0.29, 0.717) is 0 Å². The normalized spacial score (nSPS) is 11.5. The minimum atomic E-state index is -1.58. The number of aromatic amines is 2. The van der Waals surface area contributed by atoms with Crippen LogP contribution in [0.5, 0.6) is 0 Å². The number of benzene rings is 4. The molecule has 12 heteroatoms. The van der Waals surface area contributed by atoms with E-state index in [9.17, 15) is 0 Å². The fourth-order valence-corrected chi connectivity index (χ4v) is 20.2. The van der Waals surface area contributed by atoms with E-state index in [-0.39, 0.29) is 0 Å². The van der Waals surface area contributed by atoms with Gasteiger partial charge in [-0.1, -0.05) is 0 Å². The average molecular weight is 1550 g/mol. The molecule has 2 aliphatic rings. The van der Waals surface area contributed by atoms with Crippen LogP contribution < -0.4 is 12.3 Å². The molecule has 4 nitrogen and oxygen atoms in total. The van der Waals surface area contributed by atoms with Gasteiger partial charge in [0.05, 0.1) is 0 Å². The molecule has 8 bridgehead atoms. The van der Waals surface area contributed by atoms with Gasteiger partial charge >= 0.3 is 394 Å². The van der Waals surface area contributed by atoms with E-state index in [1.54, 1.807) is 0 Å². The molecule has 2 N–H and O–H groups in total. The fraction of sp³-hybridized carbons (Fsp3) is 0. The SMILES string of the molecule is [Cl][Hg][c]1ccc(-c2c3nc(c(-c4cc[c]([Hg][Cl])cc4)c4ccc([nH]4)c(-c4cc[c]([Hg][Cl])cc4)c4nc(c(-c5cc[c]([Hg][Cl])cc5)c5ccc2[nH]5)C=C4)C=C3)cc1. The zero-order chi connectivity index (χ0) is 38.2. The Morgan fingerprint density at radius 3 is 0.714 bits per heavy atom. The molecule has 0 saturated heterocycles. The molecule has 0 saturated carbocycles. The molecular weight excluding hydrogens is 1530 g/mol. The number of rotatable bonds is 8. The molecule has 9 rings (SSSR count). The molecule has 0 atom stereocenters. The number of hydrogen-bond donors (Lipinski definition) is 2. The molecule has 258 valence electrons. The number of fused-ring (bicyclic) bond motifs is 8. The summed E-state index contributed by atoms with van der Waals surface area (Å²) in [5.74, 6) is 0. The van der Waals surface area contributed by atoms with E-state index in [1.165, 1.54) is 12.3 Å². The fourth-order valence-electron chi connectivity index (χ4n) is 7.46. The van der Waals surface area contributed by atoms with Crippen molar-refractivity contribution < 1.29 is 93.4 Å². The van der Waals surface area contributed by atoms with Crippen LogP contribution in [0.1, 0.15) is 22.8 Å². The second kappa shape index (κ2) is 17.9. The van der Waals surface area contributed by atoms with E-state index in [2.05, 4.69) is 156 Å². The van der Waals surface area contributed by atoms with Gasteiger partial charge in [-0.3, -0.25) is 0 Å². The summed E-state index contributed by atoms with van der Waals surface area (Å²) in [7, 11) is 25.9. The molecule has 0 fully saturated rings. The van der Waals surface area contributed by atoms with Gasteiger partial charge in [-0.05, 0) is 0 Å². The molecule has 4 aromatic carbocycles. The second-order valence-corrected chi connectivity index (χ2v) is 40.1. The number of nitrogens with one attached hydrogen (secondary N) is 2. The summed E-state index contributed by atoms with van der Waals surface area (Å²) in [6.45, 7) is 0. The van der Waals surface area contributed by atoms with Crippen molar-refractivity contribution in [2.24, 2.45) is 0 Å². The third kappa shape index (κ3) is 8.13. The van der Waals surface area contributed by atoms with Crippen molar-refractivity contribution in [3.63, 3.8) is 0 Å². The Labute approximate surface area is 387 Å². The summed E-state index contributed by atoms with van der Waals surface area (Å²) in [6.07, 6.45) is 8.56. The number of nitrogens with zero attached hydrogens (tertiary/aromatic N) is 2. The number of H-pyrrole nitrogens is 2. The van der Waals surface area contributed by atoms with Crippen molar-refractivity contribution in [1.29, 1.82) is 0 Å². The predicted octanol–water partition coefficient (Wildman–Crippen LogP) is 10.8. The van der Waals surface area contributed by atoms with Crippen LogP contribution in [0.3, 0.4) is 0 Å². The van der Waals surface area contributed by atoms with Crippen LogP contribution in [-0.2, 0) is 93.4 Å². The van der Waals surface area contributed by atoms with E-state index < -0.39 is 93.4 Å². The van der Waals surface area contributed by atoms with Gasteiger partial charge in [0.15, 0.2) is 0 Å². The molecule has 7 aromatic rings. The molecule has 0 radical (unpaired) electrons. The van der Waals surface area contributed by atoms with Crippen LogP contribution in [0.4, 0.5) is 0 Å². The molecule has 0 unspecified atom stereocenters. The summed E-state index contributed by atoms with van der Waals surface area (Å²) in [6, 6.07) is 43.6. The van der Waals surface area contributed by atoms with Crippen LogP contribution in [0.25, 0.3) is 90.9 Å². The van der Waals surface area contributed by atoms with Crippen molar-refractivity contribution >= 4 is 91.7 Å². The van der Waals surface area contributed by atoms with Gasteiger partial charge in [0.2, 0.25) is 0 Å². The third-order valence-corrected chi connectivity index (χ3v) is 33.3. The molecule has 56 heavy (non-hydrogen) atoms. The molecule has 5 heterocycles. The molecule has 0 amide bonds. The molecule has 2 aliphatic heterocycles. The van der Waals surface area contributed by atoms with E-state index in [4.69, 9.17) is 43.0 Å². The van der Waals surface area contributed by atoms with Crippen molar-refractivity contribution in [2.45, 2.75) is 0 Å². The summed E-state index contributed by atoms with van der Waals surface area (Å²) in [5.41, 5.74) is 15.8. The van der Waals surface area contributed by atoms with Crippen molar-refractivity contribution in [1.82, 2.24) is 19.9 Å². The Kier molecular flexibility index (Phi) is 12.7. The van der Waals surface area contributed by atoms with Crippen LogP contribution in [-0.4, -0.2) is 19.9 Å². The third-order valence-electron chi connectivity index (χ3n) is 10.3. The van der Waals surface area contributed by atoms with Gasteiger partial charge in [0.25, 0.3) is 0 Å². The van der Waals surface area contributed by atoms with Gasteiger partial charge in [-0.15, -0.1) is 0 Å². The van der Waals surface area contributed by atoms with Gasteiger partial charge in [0, 0.05) is 0 Å². The Morgan fingerprint density at radius 1 is 0.304 bits per heavy atom. The summed E-state index contributed by atoms with van der Waals surface area (Å²) in [4.78, 5) is 18.6. The first-order valence-electron chi connectivity index (χ1n) is 18.3. The van der Waals surface area contributed by atoms with Gasteiger partial charge in [-0.25, -0.2) is 0 Å². The van der Waals surface area contributed by atoms with E-state index >= 15 is 0 Å². The Balaban J connectivity index is 1.44. The Hall–Kier alpha value is -1.62. The number of aromatic nitrogens is 4. The zero-order valence-corrected chi connectivity index (χ0v) is 55.1. The predicted molar refractivity (Wildman–Crippen MR) is 223 cm³/mol. The van der Waals surface area contributed by atoms with Crippen molar-refractivity contribution in [2.75, 3.05) is 0 Å². The van der Waals surface area contributed by atoms with Crippen molar-refractivity contribution in [3.8, 4) is 44.5 Å². The topological polar surface area (TPSA) is 57.4 Å². The summed E-state index contributed by atoms with van der Waals surface area (Å²) < 4.78 is 5.13. The monoisotopic (exact) mass is 1560 g/mol. The Morgan fingerprint density at radius 2 is 0.518 bits per heavy atom. The average Bonchev–Trinajstić information content (AvgIpc) is 4.10. The summed E-state index contributed by atoms with van der Waals surface area (Å²) >= 11 is -6.33. The maximum atomic E-state index is 6.46. The zero-order valence-electron chi connectivity index (χ0n) is 30.1. The van der Waals surface area contributed by atoms with Crippen LogP contribution in [0, 0.1) is 0 Å². The molecule has 3 aromatic heterocycles. The van der Waals surface area contributed by atoms with Crippen LogP contribution >= 0.6 is 33.0 Å². The van der Waals surface area contributed by atoms with Crippen LogP contribution in [0.2, 0.25) is 0 Å². The quantitative estimate of drug-likeness (QED) is 0.149.